The van der Waals surface area contributed by atoms with Crippen LogP contribution in [-0.4, -0.2) is 26.4 Å². The highest BCUT2D eigenvalue weighted by Gasteiger charge is 2.39. The molecule has 1 fully saturated rings. The number of thiocarbonyl (C=S) groups is 1. The zero-order valence-electron chi connectivity index (χ0n) is 12.6. The largest absolute Gasteiger partial charge is 0.391 e. The van der Waals surface area contributed by atoms with E-state index in [1.54, 1.807) is 6.20 Å². The fourth-order valence-electron chi connectivity index (χ4n) is 2.80. The molecule has 1 heterocycles. The second-order valence-electron chi connectivity index (χ2n) is 5.80. The van der Waals surface area contributed by atoms with Crippen LogP contribution in [0.25, 0.3) is 0 Å². The van der Waals surface area contributed by atoms with Gasteiger partial charge in [0.2, 0.25) is 0 Å². The van der Waals surface area contributed by atoms with E-state index < -0.39 is 5.54 Å². The Kier molecular flexibility index (Phi) is 4.88. The highest BCUT2D eigenvalue weighted by molar-refractivity contribution is 7.80. The number of carbonyl (C=O) groups excluding carboxylic acids is 1. The lowest BCUT2D eigenvalue weighted by Gasteiger charge is -2.39. The van der Waals surface area contributed by atoms with Gasteiger partial charge in [-0.25, -0.2) is 4.98 Å². The number of hydrogen-bond donors (Lipinski definition) is 2. The molecule has 0 bridgehead atoms. The Balaban J connectivity index is 2.12. The molecule has 1 aromatic heterocycles. The lowest BCUT2D eigenvalue weighted by molar-refractivity contribution is 0.0892. The number of hydrogen-bond acceptors (Lipinski definition) is 4. The van der Waals surface area contributed by atoms with Crippen molar-refractivity contribution >= 4 is 23.1 Å². The molecular formula is C15H22N4OS. The Labute approximate surface area is 130 Å². The van der Waals surface area contributed by atoms with Gasteiger partial charge in [0, 0.05) is 6.20 Å². The first-order chi connectivity index (χ1) is 9.97. The Morgan fingerprint density at radius 2 is 2.10 bits per heavy atom. The highest BCUT2D eigenvalue weighted by Crippen LogP contribution is 2.34. The van der Waals surface area contributed by atoms with Crippen molar-refractivity contribution in [2.75, 3.05) is 0 Å². The number of nitrogens with zero attached hydrogens (tertiary/aromatic N) is 2. The first kappa shape index (κ1) is 15.8. The second kappa shape index (κ2) is 6.47. The molecule has 114 valence electrons. The van der Waals surface area contributed by atoms with Crippen LogP contribution in [-0.2, 0) is 0 Å². The first-order valence-electron chi connectivity index (χ1n) is 7.38. The van der Waals surface area contributed by atoms with Gasteiger partial charge in [0.1, 0.15) is 5.69 Å². The molecule has 21 heavy (non-hydrogen) atoms. The van der Waals surface area contributed by atoms with Crippen molar-refractivity contribution in [3.05, 3.63) is 23.8 Å². The summed E-state index contributed by atoms with van der Waals surface area (Å²) in [7, 11) is 0. The maximum Gasteiger partial charge on any atom is 0.272 e. The average Bonchev–Trinajstić information content (AvgIpc) is 2.48. The molecular weight excluding hydrogens is 284 g/mol. The lowest BCUT2D eigenvalue weighted by Crippen LogP contribution is -2.58. The Hall–Kier alpha value is -1.56. The summed E-state index contributed by atoms with van der Waals surface area (Å²) < 4.78 is 0. The summed E-state index contributed by atoms with van der Waals surface area (Å²) in [5.74, 6) is 0.439. The van der Waals surface area contributed by atoms with E-state index in [1.165, 1.54) is 6.20 Å². The molecule has 6 heteroatoms. The quantitative estimate of drug-likeness (QED) is 0.833. The van der Waals surface area contributed by atoms with Crippen molar-refractivity contribution in [2.45, 2.75) is 51.5 Å². The van der Waals surface area contributed by atoms with Crippen LogP contribution in [0.4, 0.5) is 0 Å². The minimum absolute atomic E-state index is 0.259. The molecule has 0 unspecified atom stereocenters. The molecule has 0 atom stereocenters. The maximum atomic E-state index is 12.4. The summed E-state index contributed by atoms with van der Waals surface area (Å²) in [4.78, 5) is 20.9. The molecule has 0 aromatic carbocycles. The number of carbonyl (C=O) groups is 1. The highest BCUT2D eigenvalue weighted by atomic mass is 32.1. The monoisotopic (exact) mass is 306 g/mol. The van der Waals surface area contributed by atoms with Crippen LogP contribution in [0, 0.1) is 12.8 Å². The standard InChI is InChI=1S/C15H22N4OS/c1-3-11-4-6-15(7-5-11,14(16)21)19-13(20)12-9-17-10(2)8-18-12/h8-9,11H,3-7H2,1-2H3,(H2,16,21)(H,19,20). The van der Waals surface area contributed by atoms with E-state index in [2.05, 4.69) is 22.2 Å². The van der Waals surface area contributed by atoms with Gasteiger partial charge in [-0.15, -0.1) is 0 Å². The van der Waals surface area contributed by atoms with Gasteiger partial charge >= 0.3 is 0 Å². The van der Waals surface area contributed by atoms with Gasteiger partial charge in [0.25, 0.3) is 5.91 Å². The Bertz CT molecular complexity index is 521. The third-order valence-electron chi connectivity index (χ3n) is 4.37. The minimum atomic E-state index is -0.579. The number of rotatable bonds is 4. The molecule has 5 nitrogen and oxygen atoms in total. The summed E-state index contributed by atoms with van der Waals surface area (Å²) >= 11 is 5.22. The molecule has 1 saturated carbocycles. The molecule has 1 aliphatic rings. The van der Waals surface area contributed by atoms with E-state index >= 15 is 0 Å². The lowest BCUT2D eigenvalue weighted by atomic mass is 9.75. The molecule has 0 saturated heterocycles. The molecule has 1 aliphatic carbocycles. The zero-order valence-corrected chi connectivity index (χ0v) is 13.4. The van der Waals surface area contributed by atoms with Crippen molar-refractivity contribution < 1.29 is 4.79 Å². The van der Waals surface area contributed by atoms with Gasteiger partial charge in [0.05, 0.1) is 22.4 Å². The SMILES string of the molecule is CCC1CCC(NC(=O)c2cnc(C)cn2)(C(N)=S)CC1. The van der Waals surface area contributed by atoms with Crippen molar-refractivity contribution in [3.63, 3.8) is 0 Å². The van der Waals surface area contributed by atoms with Crippen molar-refractivity contribution in [1.29, 1.82) is 0 Å². The second-order valence-corrected chi connectivity index (χ2v) is 6.23. The van der Waals surface area contributed by atoms with Crippen LogP contribution in [0.5, 0.6) is 0 Å². The Morgan fingerprint density at radius 1 is 1.43 bits per heavy atom. The third-order valence-corrected chi connectivity index (χ3v) is 4.76. The number of aromatic nitrogens is 2. The van der Waals surface area contributed by atoms with Crippen molar-refractivity contribution in [2.24, 2.45) is 11.7 Å². The number of nitrogens with two attached hydrogens (primary N) is 1. The average molecular weight is 306 g/mol. The summed E-state index contributed by atoms with van der Waals surface area (Å²) in [5.41, 5.74) is 6.42. The summed E-state index contributed by atoms with van der Waals surface area (Å²) in [6.45, 7) is 4.02. The Morgan fingerprint density at radius 3 is 2.57 bits per heavy atom. The summed E-state index contributed by atoms with van der Waals surface area (Å²) in [5, 5.41) is 3.00. The fourth-order valence-corrected chi connectivity index (χ4v) is 3.06. The fraction of sp³-hybridized carbons (Fsp3) is 0.600. The van der Waals surface area contributed by atoms with Crippen LogP contribution in [0.1, 0.15) is 55.2 Å². The number of aryl methyl sites for hydroxylation is 1. The van der Waals surface area contributed by atoms with Gasteiger partial charge < -0.3 is 11.1 Å². The third kappa shape index (κ3) is 3.56. The van der Waals surface area contributed by atoms with E-state index in [0.29, 0.717) is 16.6 Å². The van der Waals surface area contributed by atoms with Gasteiger partial charge in [-0.3, -0.25) is 9.78 Å². The van der Waals surface area contributed by atoms with Gasteiger partial charge in [-0.1, -0.05) is 25.6 Å². The number of nitrogens with one attached hydrogen (secondary N) is 1. The predicted octanol–water partition coefficient (Wildman–Crippen LogP) is 2.14. The molecule has 0 spiro atoms. The van der Waals surface area contributed by atoms with Gasteiger partial charge in [0.15, 0.2) is 0 Å². The predicted molar refractivity (Wildman–Crippen MR) is 86.0 cm³/mol. The maximum absolute atomic E-state index is 12.4. The van der Waals surface area contributed by atoms with Crippen LogP contribution in [0.3, 0.4) is 0 Å². The summed E-state index contributed by atoms with van der Waals surface area (Å²) in [6, 6.07) is 0. The van der Waals surface area contributed by atoms with Crippen LogP contribution < -0.4 is 11.1 Å². The van der Waals surface area contributed by atoms with E-state index in [0.717, 1.165) is 37.8 Å². The molecule has 1 aromatic rings. The van der Waals surface area contributed by atoms with E-state index in [4.69, 9.17) is 18.0 Å². The van der Waals surface area contributed by atoms with Gasteiger partial charge in [-0.05, 0) is 38.5 Å². The van der Waals surface area contributed by atoms with Crippen molar-refractivity contribution in [3.8, 4) is 0 Å². The minimum Gasteiger partial charge on any atom is -0.391 e. The topological polar surface area (TPSA) is 80.9 Å². The normalized spacial score (nSPS) is 25.3. The van der Waals surface area contributed by atoms with Crippen molar-refractivity contribution in [1.82, 2.24) is 15.3 Å². The number of amides is 1. The zero-order chi connectivity index (χ0) is 15.5. The smallest absolute Gasteiger partial charge is 0.272 e. The summed E-state index contributed by atoms with van der Waals surface area (Å²) in [6.07, 6.45) is 7.88. The molecule has 2 rings (SSSR count). The van der Waals surface area contributed by atoms with Gasteiger partial charge in [-0.2, -0.15) is 0 Å². The van der Waals surface area contributed by atoms with Crippen LogP contribution in [0.15, 0.2) is 12.4 Å². The molecule has 1 amide bonds. The van der Waals surface area contributed by atoms with E-state index in [-0.39, 0.29) is 5.91 Å². The van der Waals surface area contributed by atoms with E-state index in [9.17, 15) is 4.79 Å². The molecule has 3 N–H and O–H groups in total. The molecule has 0 aliphatic heterocycles. The molecule has 0 radical (unpaired) electrons. The van der Waals surface area contributed by atoms with Crippen LogP contribution in [0.2, 0.25) is 0 Å². The van der Waals surface area contributed by atoms with Crippen LogP contribution >= 0.6 is 12.2 Å². The first-order valence-corrected chi connectivity index (χ1v) is 7.79. The van der Waals surface area contributed by atoms with E-state index in [1.807, 2.05) is 6.92 Å².